The van der Waals surface area contributed by atoms with Crippen LogP contribution in [0.3, 0.4) is 0 Å². The molecule has 0 saturated carbocycles. The monoisotopic (exact) mass is 209 g/mol. The number of ether oxygens (including phenoxy) is 1. The fourth-order valence-corrected chi connectivity index (χ4v) is 0.800. The smallest absolute Gasteiger partial charge is 0.463 e. The topological polar surface area (TPSA) is 52.3 Å². The van der Waals surface area contributed by atoms with Crippen LogP contribution >= 0.6 is 0 Å². The van der Waals surface area contributed by atoms with E-state index < -0.39 is 23.8 Å². The Morgan fingerprint density at radius 1 is 1.50 bits per heavy atom. The van der Waals surface area contributed by atoms with Crippen LogP contribution in [0.4, 0.5) is 13.2 Å². The van der Waals surface area contributed by atoms with Gasteiger partial charge in [-0.2, -0.15) is 13.2 Å². The van der Waals surface area contributed by atoms with Gasteiger partial charge in [-0.3, -0.25) is 0 Å². The van der Waals surface area contributed by atoms with Gasteiger partial charge in [-0.15, -0.1) is 0 Å². The van der Waals surface area contributed by atoms with Crippen molar-refractivity contribution in [2.24, 2.45) is 0 Å². The van der Waals surface area contributed by atoms with Crippen LogP contribution in [-0.4, -0.2) is 18.1 Å². The molecule has 0 N–H and O–H groups in total. The number of aromatic nitrogens is 1. The molecule has 0 aliphatic heterocycles. The molecule has 1 heterocycles. The van der Waals surface area contributed by atoms with Gasteiger partial charge in [-0.05, 0) is 6.92 Å². The third-order valence-electron chi connectivity index (χ3n) is 1.41. The molecule has 0 aliphatic rings. The Bertz CT molecular complexity index is 356. The number of nitrogens with zero attached hydrogens (tertiary/aromatic N) is 1. The van der Waals surface area contributed by atoms with E-state index >= 15 is 0 Å². The van der Waals surface area contributed by atoms with Gasteiger partial charge >= 0.3 is 18.0 Å². The van der Waals surface area contributed by atoms with Crippen molar-refractivity contribution in [1.82, 2.24) is 4.98 Å². The van der Waals surface area contributed by atoms with Gasteiger partial charge < -0.3 is 9.15 Å². The molecule has 0 bridgehead atoms. The minimum Gasteiger partial charge on any atom is -0.463 e. The van der Waals surface area contributed by atoms with E-state index in [0.717, 1.165) is 7.11 Å². The van der Waals surface area contributed by atoms with Crippen molar-refractivity contribution >= 4 is 5.97 Å². The lowest BCUT2D eigenvalue weighted by molar-refractivity contribution is -0.157. The van der Waals surface area contributed by atoms with Crippen molar-refractivity contribution in [3.05, 3.63) is 17.3 Å². The summed E-state index contributed by atoms with van der Waals surface area (Å²) in [5.41, 5.74) is -0.149. The zero-order valence-electron chi connectivity index (χ0n) is 7.31. The van der Waals surface area contributed by atoms with Crippen LogP contribution in [0.25, 0.3) is 0 Å². The van der Waals surface area contributed by atoms with Crippen molar-refractivity contribution in [3.8, 4) is 0 Å². The second-order valence-electron chi connectivity index (χ2n) is 2.42. The number of alkyl halides is 3. The van der Waals surface area contributed by atoms with Gasteiger partial charge in [0.25, 0.3) is 0 Å². The Balaban J connectivity index is 3.12. The molecule has 1 rings (SSSR count). The van der Waals surface area contributed by atoms with Crippen LogP contribution in [0, 0.1) is 6.92 Å². The van der Waals surface area contributed by atoms with Crippen molar-refractivity contribution in [3.63, 3.8) is 0 Å². The van der Waals surface area contributed by atoms with Gasteiger partial charge in [-0.25, -0.2) is 9.78 Å². The lowest BCUT2D eigenvalue weighted by Crippen LogP contribution is -2.05. The lowest BCUT2D eigenvalue weighted by atomic mass is 10.4. The van der Waals surface area contributed by atoms with E-state index in [4.69, 9.17) is 0 Å². The highest BCUT2D eigenvalue weighted by atomic mass is 19.4. The van der Waals surface area contributed by atoms with E-state index in [2.05, 4.69) is 14.1 Å². The Morgan fingerprint density at radius 2 is 2.07 bits per heavy atom. The summed E-state index contributed by atoms with van der Waals surface area (Å²) >= 11 is 0. The Hall–Kier alpha value is -1.53. The first-order valence-corrected chi connectivity index (χ1v) is 3.49. The molecule has 0 aliphatic carbocycles. The Morgan fingerprint density at radius 3 is 2.43 bits per heavy atom. The van der Waals surface area contributed by atoms with Crippen LogP contribution in [0.1, 0.15) is 22.1 Å². The van der Waals surface area contributed by atoms with Crippen LogP contribution in [0.2, 0.25) is 0 Å². The van der Waals surface area contributed by atoms with Crippen LogP contribution in [0.15, 0.2) is 4.42 Å². The summed E-state index contributed by atoms with van der Waals surface area (Å²) in [6.45, 7) is 1.23. The maximum atomic E-state index is 12.0. The third kappa shape index (κ3) is 1.86. The summed E-state index contributed by atoms with van der Waals surface area (Å²) in [5.74, 6) is -2.96. The number of hydrogen-bond donors (Lipinski definition) is 0. The maximum absolute atomic E-state index is 12.0. The molecule has 14 heavy (non-hydrogen) atoms. The third-order valence-corrected chi connectivity index (χ3v) is 1.41. The van der Waals surface area contributed by atoms with Gasteiger partial charge in [0, 0.05) is 0 Å². The fourth-order valence-electron chi connectivity index (χ4n) is 0.800. The molecule has 7 heteroatoms. The molecule has 0 amide bonds. The predicted octanol–water partition coefficient (Wildman–Crippen LogP) is 1.79. The molecule has 0 saturated heterocycles. The maximum Gasteiger partial charge on any atom is 0.468 e. The number of carbonyl (C=O) groups is 1. The van der Waals surface area contributed by atoms with Crippen LogP contribution < -0.4 is 0 Å². The number of rotatable bonds is 1. The zero-order valence-corrected chi connectivity index (χ0v) is 7.31. The Labute approximate surface area is 76.7 Å². The van der Waals surface area contributed by atoms with Crippen LogP contribution in [0.5, 0.6) is 0 Å². The number of esters is 1. The normalized spacial score (nSPS) is 11.5. The van der Waals surface area contributed by atoms with E-state index in [1.54, 1.807) is 0 Å². The molecular weight excluding hydrogens is 203 g/mol. The average molecular weight is 209 g/mol. The van der Waals surface area contributed by atoms with Crippen molar-refractivity contribution < 1.29 is 27.1 Å². The summed E-state index contributed by atoms with van der Waals surface area (Å²) in [5, 5.41) is 0. The molecule has 0 spiro atoms. The highest BCUT2D eigenvalue weighted by molar-refractivity contribution is 5.87. The molecule has 1 aromatic rings. The van der Waals surface area contributed by atoms with E-state index in [1.807, 2.05) is 0 Å². The number of methoxy groups -OCH3 is 1. The minimum absolute atomic E-state index is 0.149. The highest BCUT2D eigenvalue weighted by Crippen LogP contribution is 2.29. The SMILES string of the molecule is COC(=O)c1oc(C(F)(F)F)nc1C. The average Bonchev–Trinajstić information content (AvgIpc) is 2.45. The molecule has 0 aromatic carbocycles. The van der Waals surface area contributed by atoms with E-state index in [0.29, 0.717) is 0 Å². The number of oxazole rings is 1. The quantitative estimate of drug-likeness (QED) is 0.661. The van der Waals surface area contributed by atoms with Gasteiger partial charge in [-0.1, -0.05) is 0 Å². The molecule has 0 radical (unpaired) electrons. The summed E-state index contributed by atoms with van der Waals surface area (Å²) in [6.07, 6.45) is -4.70. The predicted molar refractivity (Wildman–Crippen MR) is 37.6 cm³/mol. The first kappa shape index (κ1) is 10.6. The van der Waals surface area contributed by atoms with E-state index in [-0.39, 0.29) is 5.69 Å². The molecule has 4 nitrogen and oxygen atoms in total. The molecule has 78 valence electrons. The lowest BCUT2D eigenvalue weighted by Gasteiger charge is -1.98. The Kier molecular flexibility index (Phi) is 2.50. The molecule has 0 unspecified atom stereocenters. The number of halogens is 3. The van der Waals surface area contributed by atoms with Crippen molar-refractivity contribution in [2.45, 2.75) is 13.1 Å². The van der Waals surface area contributed by atoms with Gasteiger partial charge in [0.1, 0.15) is 0 Å². The standard InChI is InChI=1S/C7H6F3NO3/c1-3-4(5(12)13-2)14-6(11-3)7(8,9)10/h1-2H3. The molecule has 1 aromatic heterocycles. The largest absolute Gasteiger partial charge is 0.468 e. The highest BCUT2D eigenvalue weighted by Gasteiger charge is 2.39. The van der Waals surface area contributed by atoms with Crippen molar-refractivity contribution in [1.29, 1.82) is 0 Å². The molecule has 0 fully saturated rings. The van der Waals surface area contributed by atoms with Gasteiger partial charge in [0.2, 0.25) is 5.76 Å². The zero-order chi connectivity index (χ0) is 10.9. The number of carbonyl (C=O) groups excluding carboxylic acids is 1. The second kappa shape index (κ2) is 3.32. The molecule has 0 atom stereocenters. The van der Waals surface area contributed by atoms with Crippen LogP contribution in [-0.2, 0) is 10.9 Å². The first-order chi connectivity index (χ1) is 6.36. The number of aryl methyl sites for hydroxylation is 1. The minimum atomic E-state index is -4.70. The molecular formula is C7H6F3NO3. The summed E-state index contributed by atoms with van der Waals surface area (Å²) in [4.78, 5) is 13.9. The van der Waals surface area contributed by atoms with Gasteiger partial charge in [0.05, 0.1) is 12.8 Å². The fraction of sp³-hybridized carbons (Fsp3) is 0.429. The summed E-state index contributed by atoms with van der Waals surface area (Å²) < 4.78 is 44.5. The van der Waals surface area contributed by atoms with E-state index in [9.17, 15) is 18.0 Å². The summed E-state index contributed by atoms with van der Waals surface area (Å²) in [7, 11) is 1.04. The van der Waals surface area contributed by atoms with Gasteiger partial charge in [0.15, 0.2) is 0 Å². The van der Waals surface area contributed by atoms with E-state index in [1.165, 1.54) is 6.92 Å². The first-order valence-electron chi connectivity index (χ1n) is 3.49. The van der Waals surface area contributed by atoms with Crippen molar-refractivity contribution in [2.75, 3.05) is 7.11 Å². The second-order valence-corrected chi connectivity index (χ2v) is 2.42. The summed E-state index contributed by atoms with van der Waals surface area (Å²) in [6, 6.07) is 0. The number of hydrogen-bond acceptors (Lipinski definition) is 4.